The molecule has 1 amide bonds. The SMILES string of the molecule is CCCNc1cnccc1C(=O)Nc1ccnn1C(C)C. The molecular weight excluding hydrogens is 266 g/mol. The molecule has 0 aliphatic carbocycles. The summed E-state index contributed by atoms with van der Waals surface area (Å²) in [6.07, 6.45) is 5.95. The van der Waals surface area contributed by atoms with Crippen molar-refractivity contribution in [2.75, 3.05) is 17.2 Å². The quantitative estimate of drug-likeness (QED) is 0.857. The topological polar surface area (TPSA) is 71.8 Å². The summed E-state index contributed by atoms with van der Waals surface area (Å²) in [6.45, 7) is 6.91. The van der Waals surface area contributed by atoms with Crippen molar-refractivity contribution in [1.82, 2.24) is 14.8 Å². The van der Waals surface area contributed by atoms with E-state index in [2.05, 4.69) is 27.6 Å². The maximum atomic E-state index is 12.5. The van der Waals surface area contributed by atoms with Crippen molar-refractivity contribution < 1.29 is 4.79 Å². The molecule has 112 valence electrons. The standard InChI is InChI=1S/C15H21N5O/c1-4-7-17-13-10-16-8-5-12(13)15(21)19-14-6-9-18-20(14)11(2)3/h5-6,8-11,17H,4,7H2,1-3H3,(H,19,21). The molecule has 2 aromatic rings. The Hall–Kier alpha value is -2.37. The Morgan fingerprint density at radius 3 is 2.86 bits per heavy atom. The highest BCUT2D eigenvalue weighted by molar-refractivity contribution is 6.07. The van der Waals surface area contributed by atoms with E-state index >= 15 is 0 Å². The maximum Gasteiger partial charge on any atom is 0.259 e. The van der Waals surface area contributed by atoms with Crippen LogP contribution in [0.25, 0.3) is 0 Å². The minimum Gasteiger partial charge on any atom is -0.383 e. The van der Waals surface area contributed by atoms with Crippen LogP contribution in [0.3, 0.4) is 0 Å². The van der Waals surface area contributed by atoms with E-state index in [1.165, 1.54) is 0 Å². The average molecular weight is 287 g/mol. The van der Waals surface area contributed by atoms with Crippen molar-refractivity contribution in [2.45, 2.75) is 33.2 Å². The number of aromatic nitrogens is 3. The molecule has 0 spiro atoms. The molecule has 21 heavy (non-hydrogen) atoms. The first-order valence-corrected chi connectivity index (χ1v) is 7.16. The summed E-state index contributed by atoms with van der Waals surface area (Å²) in [4.78, 5) is 16.5. The summed E-state index contributed by atoms with van der Waals surface area (Å²) < 4.78 is 1.78. The number of pyridine rings is 1. The van der Waals surface area contributed by atoms with Crippen LogP contribution in [0.15, 0.2) is 30.7 Å². The van der Waals surface area contributed by atoms with Gasteiger partial charge in [0, 0.05) is 24.8 Å². The number of amides is 1. The second-order valence-corrected chi connectivity index (χ2v) is 5.06. The average Bonchev–Trinajstić information content (AvgIpc) is 2.93. The van der Waals surface area contributed by atoms with Crippen LogP contribution in [0.4, 0.5) is 11.5 Å². The van der Waals surface area contributed by atoms with Gasteiger partial charge in [-0.3, -0.25) is 9.78 Å². The van der Waals surface area contributed by atoms with Gasteiger partial charge in [-0.15, -0.1) is 0 Å². The Labute approximate surface area is 124 Å². The van der Waals surface area contributed by atoms with Gasteiger partial charge in [-0.2, -0.15) is 5.10 Å². The fourth-order valence-electron chi connectivity index (χ4n) is 2.00. The predicted octanol–water partition coefficient (Wildman–Crippen LogP) is 2.93. The van der Waals surface area contributed by atoms with Crippen molar-refractivity contribution >= 4 is 17.4 Å². The van der Waals surface area contributed by atoms with Crippen LogP contribution in [0.5, 0.6) is 0 Å². The molecule has 2 aromatic heterocycles. The molecule has 6 nitrogen and oxygen atoms in total. The minimum absolute atomic E-state index is 0.168. The normalized spacial score (nSPS) is 10.7. The third kappa shape index (κ3) is 3.59. The lowest BCUT2D eigenvalue weighted by atomic mass is 10.2. The maximum absolute atomic E-state index is 12.5. The smallest absolute Gasteiger partial charge is 0.259 e. The number of anilines is 2. The van der Waals surface area contributed by atoms with E-state index in [0.29, 0.717) is 11.4 Å². The molecule has 0 radical (unpaired) electrons. The van der Waals surface area contributed by atoms with E-state index < -0.39 is 0 Å². The van der Waals surface area contributed by atoms with Crippen LogP contribution < -0.4 is 10.6 Å². The summed E-state index contributed by atoms with van der Waals surface area (Å²) in [6, 6.07) is 3.69. The van der Waals surface area contributed by atoms with Gasteiger partial charge in [0.05, 0.1) is 23.6 Å². The first kappa shape index (κ1) is 15.0. The summed E-state index contributed by atoms with van der Waals surface area (Å²) in [5.74, 6) is 0.520. The second-order valence-electron chi connectivity index (χ2n) is 5.06. The molecule has 0 aliphatic heterocycles. The summed E-state index contributed by atoms with van der Waals surface area (Å²) in [5, 5.41) is 10.3. The van der Waals surface area contributed by atoms with Crippen molar-refractivity contribution in [3.63, 3.8) is 0 Å². The molecule has 0 fully saturated rings. The first-order valence-electron chi connectivity index (χ1n) is 7.16. The van der Waals surface area contributed by atoms with Crippen molar-refractivity contribution in [1.29, 1.82) is 0 Å². The molecule has 0 atom stereocenters. The molecule has 0 aliphatic rings. The van der Waals surface area contributed by atoms with Gasteiger partial charge in [-0.1, -0.05) is 6.92 Å². The highest BCUT2D eigenvalue weighted by Gasteiger charge is 2.14. The molecule has 0 saturated heterocycles. The number of rotatable bonds is 6. The van der Waals surface area contributed by atoms with Crippen molar-refractivity contribution in [3.05, 3.63) is 36.3 Å². The fourth-order valence-corrected chi connectivity index (χ4v) is 2.00. The highest BCUT2D eigenvalue weighted by Crippen LogP contribution is 2.18. The molecule has 6 heteroatoms. The number of hydrogen-bond donors (Lipinski definition) is 2. The van der Waals surface area contributed by atoms with Gasteiger partial charge < -0.3 is 10.6 Å². The Morgan fingerprint density at radius 1 is 1.33 bits per heavy atom. The van der Waals surface area contributed by atoms with E-state index in [1.54, 1.807) is 35.4 Å². The molecule has 0 unspecified atom stereocenters. The zero-order valence-corrected chi connectivity index (χ0v) is 12.6. The Kier molecular flexibility index (Phi) is 4.92. The predicted molar refractivity (Wildman–Crippen MR) is 83.6 cm³/mol. The second kappa shape index (κ2) is 6.88. The minimum atomic E-state index is -0.168. The first-order chi connectivity index (χ1) is 10.1. The molecule has 0 saturated carbocycles. The zero-order valence-electron chi connectivity index (χ0n) is 12.6. The van der Waals surface area contributed by atoms with E-state index in [-0.39, 0.29) is 11.9 Å². The summed E-state index contributed by atoms with van der Waals surface area (Å²) >= 11 is 0. The van der Waals surface area contributed by atoms with Gasteiger partial charge in [0.25, 0.3) is 5.91 Å². The fraction of sp³-hybridized carbons (Fsp3) is 0.400. The van der Waals surface area contributed by atoms with Crippen LogP contribution in [0.1, 0.15) is 43.6 Å². The van der Waals surface area contributed by atoms with Gasteiger partial charge >= 0.3 is 0 Å². The molecule has 2 rings (SSSR count). The summed E-state index contributed by atoms with van der Waals surface area (Å²) in [7, 11) is 0. The van der Waals surface area contributed by atoms with Gasteiger partial charge in [0.1, 0.15) is 5.82 Å². The van der Waals surface area contributed by atoms with Crippen molar-refractivity contribution in [2.24, 2.45) is 0 Å². The van der Waals surface area contributed by atoms with Crippen LogP contribution in [-0.2, 0) is 0 Å². The van der Waals surface area contributed by atoms with Crippen LogP contribution in [-0.4, -0.2) is 27.2 Å². The van der Waals surface area contributed by atoms with E-state index in [1.807, 2.05) is 13.8 Å². The Morgan fingerprint density at radius 2 is 2.14 bits per heavy atom. The molecule has 2 N–H and O–H groups in total. The lowest BCUT2D eigenvalue weighted by Crippen LogP contribution is -2.18. The monoisotopic (exact) mass is 287 g/mol. The van der Waals surface area contributed by atoms with Crippen molar-refractivity contribution in [3.8, 4) is 0 Å². The lowest BCUT2D eigenvalue weighted by molar-refractivity contribution is 0.102. The number of nitrogens with zero attached hydrogens (tertiary/aromatic N) is 3. The third-order valence-electron chi connectivity index (χ3n) is 3.03. The number of carbonyl (C=O) groups excluding carboxylic acids is 1. The highest BCUT2D eigenvalue weighted by atomic mass is 16.1. The number of carbonyl (C=O) groups is 1. The number of hydrogen-bond acceptors (Lipinski definition) is 4. The van der Waals surface area contributed by atoms with Crippen LogP contribution in [0.2, 0.25) is 0 Å². The number of nitrogens with one attached hydrogen (secondary N) is 2. The van der Waals surface area contributed by atoms with E-state index in [9.17, 15) is 4.79 Å². The van der Waals surface area contributed by atoms with E-state index in [4.69, 9.17) is 0 Å². The zero-order chi connectivity index (χ0) is 15.2. The Bertz CT molecular complexity index is 606. The largest absolute Gasteiger partial charge is 0.383 e. The van der Waals surface area contributed by atoms with Gasteiger partial charge in [-0.05, 0) is 26.3 Å². The summed E-state index contributed by atoms with van der Waals surface area (Å²) in [5.41, 5.74) is 1.32. The van der Waals surface area contributed by atoms with Gasteiger partial charge in [0.15, 0.2) is 0 Å². The van der Waals surface area contributed by atoms with Crippen LogP contribution in [0, 0.1) is 0 Å². The Balaban J connectivity index is 2.18. The third-order valence-corrected chi connectivity index (χ3v) is 3.03. The van der Waals surface area contributed by atoms with Gasteiger partial charge in [-0.25, -0.2) is 4.68 Å². The molecule has 2 heterocycles. The molecule has 0 bridgehead atoms. The van der Waals surface area contributed by atoms with Crippen LogP contribution >= 0.6 is 0 Å². The lowest BCUT2D eigenvalue weighted by Gasteiger charge is -2.13. The van der Waals surface area contributed by atoms with E-state index in [0.717, 1.165) is 18.7 Å². The molecule has 0 aromatic carbocycles. The van der Waals surface area contributed by atoms with Gasteiger partial charge in [0.2, 0.25) is 0 Å². The molecular formula is C15H21N5O.